The maximum atomic E-state index is 13.1. The molecule has 7 nitrogen and oxygen atoms in total. The fourth-order valence-electron chi connectivity index (χ4n) is 6.15. The summed E-state index contributed by atoms with van der Waals surface area (Å²) in [6.07, 6.45) is 6.27. The predicted molar refractivity (Wildman–Crippen MR) is 140 cm³/mol. The van der Waals surface area contributed by atoms with Crippen molar-refractivity contribution in [3.8, 4) is 5.75 Å². The average molecular weight is 502 g/mol. The van der Waals surface area contributed by atoms with E-state index in [2.05, 4.69) is 28.9 Å². The first-order valence-corrected chi connectivity index (χ1v) is 13.5. The first-order chi connectivity index (χ1) is 18.0. The van der Waals surface area contributed by atoms with Gasteiger partial charge in [0.15, 0.2) is 0 Å². The smallest absolute Gasteiger partial charge is 0.255 e. The zero-order valence-corrected chi connectivity index (χ0v) is 21.2. The molecule has 3 atom stereocenters. The van der Waals surface area contributed by atoms with E-state index in [1.54, 1.807) is 4.90 Å². The third-order valence-electron chi connectivity index (χ3n) is 8.24. The van der Waals surface area contributed by atoms with Crippen molar-refractivity contribution < 1.29 is 19.1 Å². The fraction of sp³-hybridized carbons (Fsp3) is 0.467. The molecule has 2 aromatic rings. The Kier molecular flexibility index (Phi) is 6.74. The van der Waals surface area contributed by atoms with Crippen LogP contribution in [0.1, 0.15) is 60.0 Å². The lowest BCUT2D eigenvalue weighted by molar-refractivity contribution is -0.126. The van der Waals surface area contributed by atoms with Gasteiger partial charge in [-0.1, -0.05) is 43.3 Å². The normalized spacial score (nSPS) is 26.5. The molecule has 0 spiro atoms. The molecule has 2 aromatic carbocycles. The van der Waals surface area contributed by atoms with Crippen LogP contribution in [0.15, 0.2) is 60.8 Å². The molecule has 37 heavy (non-hydrogen) atoms. The van der Waals surface area contributed by atoms with Gasteiger partial charge >= 0.3 is 0 Å². The minimum Gasteiger partial charge on any atom is -0.489 e. The highest BCUT2D eigenvalue weighted by molar-refractivity contribution is 6.01. The highest BCUT2D eigenvalue weighted by Crippen LogP contribution is 2.34. The zero-order valence-electron chi connectivity index (χ0n) is 21.2. The van der Waals surface area contributed by atoms with Crippen molar-refractivity contribution in [2.24, 2.45) is 0 Å². The minimum atomic E-state index is -0.444. The SMILES string of the molecule is C=C1CCC(N2Cc3cc(O[C@@H]4CCCC[C@@H]4N4CC(OCc5ccccc5)C4)ccc3C2=O)C(=O)N1. The number of carbonyl (C=O) groups excluding carboxylic acids is 2. The van der Waals surface area contributed by atoms with Crippen molar-refractivity contribution in [3.05, 3.63) is 77.5 Å². The molecule has 6 rings (SSSR count). The first kappa shape index (κ1) is 24.2. The minimum absolute atomic E-state index is 0.0770. The van der Waals surface area contributed by atoms with Crippen LogP contribution in [0.2, 0.25) is 0 Å². The molecule has 2 amide bonds. The Morgan fingerprint density at radius 3 is 2.62 bits per heavy atom. The summed E-state index contributed by atoms with van der Waals surface area (Å²) in [7, 11) is 0. The van der Waals surface area contributed by atoms with Gasteiger partial charge in [-0.3, -0.25) is 14.5 Å². The Balaban J connectivity index is 1.06. The van der Waals surface area contributed by atoms with Crippen molar-refractivity contribution in [1.82, 2.24) is 15.1 Å². The van der Waals surface area contributed by atoms with E-state index in [9.17, 15) is 9.59 Å². The molecule has 3 aliphatic heterocycles. The Hall–Kier alpha value is -3.16. The maximum absolute atomic E-state index is 13.1. The van der Waals surface area contributed by atoms with Gasteiger partial charge in [0, 0.05) is 36.9 Å². The number of nitrogens with one attached hydrogen (secondary N) is 1. The Bertz CT molecular complexity index is 1180. The number of hydrogen-bond donors (Lipinski definition) is 1. The first-order valence-electron chi connectivity index (χ1n) is 13.5. The van der Waals surface area contributed by atoms with Crippen molar-refractivity contribution in [3.63, 3.8) is 0 Å². The summed E-state index contributed by atoms with van der Waals surface area (Å²) in [5, 5.41) is 2.80. The number of allylic oxidation sites excluding steroid dienone is 1. The molecule has 1 unspecified atom stereocenters. The second-order valence-corrected chi connectivity index (χ2v) is 10.8. The van der Waals surface area contributed by atoms with Gasteiger partial charge in [-0.05, 0) is 61.4 Å². The van der Waals surface area contributed by atoms with Gasteiger partial charge in [0.1, 0.15) is 17.9 Å². The third-order valence-corrected chi connectivity index (χ3v) is 8.24. The lowest BCUT2D eigenvalue weighted by atomic mass is 9.89. The molecule has 1 saturated carbocycles. The Morgan fingerprint density at radius 1 is 1.00 bits per heavy atom. The summed E-state index contributed by atoms with van der Waals surface area (Å²) in [5.74, 6) is 0.593. The van der Waals surface area contributed by atoms with Crippen LogP contribution in [0.5, 0.6) is 5.75 Å². The average Bonchev–Trinajstić information content (AvgIpc) is 3.20. The number of benzene rings is 2. The van der Waals surface area contributed by atoms with Gasteiger partial charge in [0.2, 0.25) is 5.91 Å². The number of rotatable bonds is 7. The van der Waals surface area contributed by atoms with Crippen molar-refractivity contribution in [1.29, 1.82) is 0 Å². The van der Waals surface area contributed by atoms with Crippen molar-refractivity contribution in [2.45, 2.75) is 76.0 Å². The molecule has 2 saturated heterocycles. The lowest BCUT2D eigenvalue weighted by Crippen LogP contribution is -2.61. The number of ether oxygens (including phenoxy) is 2. The number of hydrogen-bond acceptors (Lipinski definition) is 5. The molecular formula is C30H35N3O4. The summed E-state index contributed by atoms with van der Waals surface area (Å²) in [5.41, 5.74) is 3.54. The molecule has 0 bridgehead atoms. The van der Waals surface area contributed by atoms with Crippen LogP contribution in [0.25, 0.3) is 0 Å². The van der Waals surface area contributed by atoms with Gasteiger partial charge in [0.05, 0.1) is 12.7 Å². The van der Waals surface area contributed by atoms with Crippen LogP contribution in [0, 0.1) is 0 Å². The number of fused-ring (bicyclic) bond motifs is 1. The van der Waals surface area contributed by atoms with Crippen molar-refractivity contribution in [2.75, 3.05) is 13.1 Å². The summed E-state index contributed by atoms with van der Waals surface area (Å²) < 4.78 is 12.7. The molecule has 194 valence electrons. The Labute approximate surface area is 218 Å². The topological polar surface area (TPSA) is 71.1 Å². The predicted octanol–water partition coefficient (Wildman–Crippen LogP) is 4.03. The van der Waals surface area contributed by atoms with Crippen LogP contribution in [-0.4, -0.2) is 59.0 Å². The van der Waals surface area contributed by atoms with Gasteiger partial charge in [0.25, 0.3) is 5.91 Å². The number of likely N-dealkylation sites (tertiary alicyclic amines) is 1. The monoisotopic (exact) mass is 501 g/mol. The molecule has 1 N–H and O–H groups in total. The van der Waals surface area contributed by atoms with Crippen LogP contribution < -0.4 is 10.1 Å². The van der Waals surface area contributed by atoms with Crippen LogP contribution >= 0.6 is 0 Å². The molecule has 3 heterocycles. The maximum Gasteiger partial charge on any atom is 0.255 e. The number of piperidine rings is 1. The zero-order chi connectivity index (χ0) is 25.4. The Morgan fingerprint density at radius 2 is 1.81 bits per heavy atom. The summed E-state index contributed by atoms with van der Waals surface area (Å²) >= 11 is 0. The third kappa shape index (κ3) is 5.03. The van der Waals surface area contributed by atoms with Gasteiger partial charge in [-0.2, -0.15) is 0 Å². The molecule has 4 aliphatic rings. The van der Waals surface area contributed by atoms with E-state index in [-0.39, 0.29) is 24.0 Å². The standard InChI is InChI=1S/C30H35N3O4/c1-20-11-14-27(29(34)31-20)33-16-22-15-23(12-13-25(22)30(33)35)37-28-10-6-5-9-26(28)32-17-24(18-32)36-19-21-7-3-2-4-8-21/h2-4,7-8,12-13,15,24,26-28H,1,5-6,9-11,14,16-19H2,(H,31,34)/t26-,27?,28+/m0/s1. The lowest BCUT2D eigenvalue weighted by Gasteiger charge is -2.48. The van der Waals surface area contributed by atoms with Crippen LogP contribution in [-0.2, 0) is 22.7 Å². The second-order valence-electron chi connectivity index (χ2n) is 10.8. The molecule has 0 radical (unpaired) electrons. The molecule has 3 fully saturated rings. The molecule has 7 heteroatoms. The summed E-state index contributed by atoms with van der Waals surface area (Å²) in [6, 6.07) is 16.0. The highest BCUT2D eigenvalue weighted by atomic mass is 16.5. The van der Waals surface area contributed by atoms with Gasteiger partial charge in [-0.15, -0.1) is 0 Å². The quantitative estimate of drug-likeness (QED) is 0.621. The molecule has 0 aromatic heterocycles. The highest BCUT2D eigenvalue weighted by Gasteiger charge is 2.40. The number of carbonyl (C=O) groups is 2. The van der Waals surface area contributed by atoms with E-state index < -0.39 is 6.04 Å². The van der Waals surface area contributed by atoms with Crippen LogP contribution in [0.4, 0.5) is 0 Å². The van der Waals surface area contributed by atoms with E-state index >= 15 is 0 Å². The summed E-state index contributed by atoms with van der Waals surface area (Å²) in [4.78, 5) is 29.7. The molecule has 1 aliphatic carbocycles. The number of nitrogens with zero attached hydrogens (tertiary/aromatic N) is 2. The van der Waals surface area contributed by atoms with E-state index in [1.807, 2.05) is 36.4 Å². The van der Waals surface area contributed by atoms with E-state index in [0.29, 0.717) is 37.6 Å². The molecular weight excluding hydrogens is 466 g/mol. The largest absolute Gasteiger partial charge is 0.489 e. The summed E-state index contributed by atoms with van der Waals surface area (Å²) in [6.45, 7) is 6.83. The fourth-order valence-corrected chi connectivity index (χ4v) is 6.15. The number of amides is 2. The van der Waals surface area contributed by atoms with E-state index in [4.69, 9.17) is 9.47 Å². The second kappa shape index (κ2) is 10.3. The van der Waals surface area contributed by atoms with E-state index in [0.717, 1.165) is 42.9 Å². The van der Waals surface area contributed by atoms with E-state index in [1.165, 1.54) is 18.4 Å². The van der Waals surface area contributed by atoms with Crippen LogP contribution in [0.3, 0.4) is 0 Å². The van der Waals surface area contributed by atoms with Gasteiger partial charge in [-0.25, -0.2) is 0 Å². The van der Waals surface area contributed by atoms with Gasteiger partial charge < -0.3 is 19.7 Å². The van der Waals surface area contributed by atoms with Crippen molar-refractivity contribution >= 4 is 11.8 Å².